The van der Waals surface area contributed by atoms with Crippen LogP contribution >= 0.6 is 0 Å². The molecule has 0 saturated carbocycles. The van der Waals surface area contributed by atoms with Gasteiger partial charge in [-0.1, -0.05) is 12.1 Å². The van der Waals surface area contributed by atoms with Crippen LogP contribution in [-0.4, -0.2) is 17.8 Å². The highest BCUT2D eigenvalue weighted by molar-refractivity contribution is 6.18. The molecule has 0 unspecified atom stereocenters. The number of ether oxygens (including phenoxy) is 1. The minimum Gasteiger partial charge on any atom is -0.386 e. The van der Waals surface area contributed by atoms with Gasteiger partial charge in [-0.2, -0.15) is 0 Å². The quantitative estimate of drug-likeness (QED) is 0.625. The Morgan fingerprint density at radius 3 is 2.47 bits per heavy atom. The summed E-state index contributed by atoms with van der Waals surface area (Å²) in [6.45, 7) is 1.41. The third kappa shape index (κ3) is 1.76. The van der Waals surface area contributed by atoms with Gasteiger partial charge in [0, 0.05) is 18.0 Å². The summed E-state index contributed by atoms with van der Waals surface area (Å²) in [5.41, 5.74) is 1.09. The minimum absolute atomic E-state index is 0.202. The van der Waals surface area contributed by atoms with Crippen molar-refractivity contribution < 1.29 is 19.1 Å². The summed E-state index contributed by atoms with van der Waals surface area (Å²) in [6, 6.07) is 8.48. The Morgan fingerprint density at radius 1 is 1.11 bits per heavy atom. The SMILES string of the molecule is CC(=O)Nc1cccc2cc3c(cc12)C(=O)OC3=O. The molecule has 1 amide bonds. The maximum absolute atomic E-state index is 11.5. The van der Waals surface area contributed by atoms with Gasteiger partial charge in [0.25, 0.3) is 0 Å². The predicted molar refractivity (Wildman–Crippen MR) is 68.0 cm³/mol. The first kappa shape index (κ1) is 11.4. The van der Waals surface area contributed by atoms with Crippen LogP contribution in [0, 0.1) is 0 Å². The van der Waals surface area contributed by atoms with Gasteiger partial charge in [-0.25, -0.2) is 9.59 Å². The van der Waals surface area contributed by atoms with Gasteiger partial charge >= 0.3 is 11.9 Å². The molecule has 2 aromatic carbocycles. The number of carbonyl (C=O) groups is 3. The fraction of sp³-hybridized carbons (Fsp3) is 0.0714. The second kappa shape index (κ2) is 3.91. The van der Waals surface area contributed by atoms with E-state index in [1.807, 2.05) is 0 Å². The Kier molecular flexibility index (Phi) is 2.35. The number of nitrogens with one attached hydrogen (secondary N) is 1. The second-order valence-corrected chi connectivity index (χ2v) is 4.28. The van der Waals surface area contributed by atoms with Crippen molar-refractivity contribution in [2.24, 2.45) is 0 Å². The smallest absolute Gasteiger partial charge is 0.346 e. The summed E-state index contributed by atoms with van der Waals surface area (Å²) >= 11 is 0. The molecule has 19 heavy (non-hydrogen) atoms. The van der Waals surface area contributed by atoms with Gasteiger partial charge in [0.1, 0.15) is 0 Å². The number of fused-ring (bicyclic) bond motifs is 2. The minimum atomic E-state index is -0.653. The first-order valence-corrected chi connectivity index (χ1v) is 5.67. The Morgan fingerprint density at radius 2 is 1.79 bits per heavy atom. The lowest BCUT2D eigenvalue weighted by atomic mass is 10.0. The summed E-state index contributed by atoms with van der Waals surface area (Å²) < 4.78 is 4.56. The Hall–Kier alpha value is -2.69. The van der Waals surface area contributed by atoms with Crippen molar-refractivity contribution in [1.29, 1.82) is 0 Å². The lowest BCUT2D eigenvalue weighted by molar-refractivity contribution is -0.114. The molecule has 0 bridgehead atoms. The second-order valence-electron chi connectivity index (χ2n) is 4.28. The van der Waals surface area contributed by atoms with Crippen LogP contribution in [0.2, 0.25) is 0 Å². The van der Waals surface area contributed by atoms with E-state index >= 15 is 0 Å². The molecule has 1 aliphatic heterocycles. The molecule has 1 heterocycles. The van der Waals surface area contributed by atoms with E-state index in [1.54, 1.807) is 30.3 Å². The molecule has 0 spiro atoms. The first-order chi connectivity index (χ1) is 9.06. The van der Waals surface area contributed by atoms with Crippen LogP contribution in [0.3, 0.4) is 0 Å². The predicted octanol–water partition coefficient (Wildman–Crippen LogP) is 2.11. The number of amides is 1. The van der Waals surface area contributed by atoms with Crippen LogP contribution in [0.5, 0.6) is 0 Å². The summed E-state index contributed by atoms with van der Waals surface area (Å²) in [5.74, 6) is -1.49. The fourth-order valence-electron chi connectivity index (χ4n) is 2.16. The van der Waals surface area contributed by atoms with Crippen LogP contribution < -0.4 is 5.32 Å². The third-order valence-electron chi connectivity index (χ3n) is 2.95. The van der Waals surface area contributed by atoms with Crippen molar-refractivity contribution in [3.63, 3.8) is 0 Å². The standard InChI is InChI=1S/C14H9NO4/c1-7(16)15-12-4-2-3-8-5-10-11(6-9(8)12)14(18)19-13(10)17/h2-6H,1H3,(H,15,16). The molecule has 2 aromatic rings. The van der Waals surface area contributed by atoms with E-state index in [0.29, 0.717) is 11.1 Å². The van der Waals surface area contributed by atoms with E-state index in [9.17, 15) is 14.4 Å². The normalized spacial score (nSPS) is 13.3. The number of hydrogen-bond acceptors (Lipinski definition) is 4. The summed E-state index contributed by atoms with van der Waals surface area (Å²) in [5, 5.41) is 4.15. The first-order valence-electron chi connectivity index (χ1n) is 5.67. The van der Waals surface area contributed by atoms with Gasteiger partial charge in [0.2, 0.25) is 5.91 Å². The molecule has 5 heteroatoms. The van der Waals surface area contributed by atoms with Crippen molar-refractivity contribution in [3.8, 4) is 0 Å². The monoisotopic (exact) mass is 255 g/mol. The van der Waals surface area contributed by atoms with E-state index in [1.165, 1.54) is 6.92 Å². The molecular weight excluding hydrogens is 246 g/mol. The van der Waals surface area contributed by atoms with Crippen LogP contribution in [-0.2, 0) is 9.53 Å². The van der Waals surface area contributed by atoms with Gasteiger partial charge in [0.05, 0.1) is 11.1 Å². The molecule has 0 aliphatic carbocycles. The van der Waals surface area contributed by atoms with Crippen LogP contribution in [0.15, 0.2) is 30.3 Å². The average molecular weight is 255 g/mol. The van der Waals surface area contributed by atoms with E-state index in [-0.39, 0.29) is 17.0 Å². The van der Waals surface area contributed by atoms with E-state index < -0.39 is 11.9 Å². The maximum atomic E-state index is 11.5. The number of benzene rings is 2. The molecule has 0 fully saturated rings. The highest BCUT2D eigenvalue weighted by Crippen LogP contribution is 2.30. The number of cyclic esters (lactones) is 2. The maximum Gasteiger partial charge on any atom is 0.346 e. The van der Waals surface area contributed by atoms with E-state index in [4.69, 9.17) is 0 Å². The molecule has 5 nitrogen and oxygen atoms in total. The summed E-state index contributed by atoms with van der Waals surface area (Å²) in [6.07, 6.45) is 0. The fourth-order valence-corrected chi connectivity index (χ4v) is 2.16. The van der Waals surface area contributed by atoms with E-state index in [2.05, 4.69) is 10.1 Å². The third-order valence-corrected chi connectivity index (χ3v) is 2.95. The Bertz CT molecular complexity index is 748. The number of rotatable bonds is 1. The van der Waals surface area contributed by atoms with Crippen molar-refractivity contribution in [2.45, 2.75) is 6.92 Å². The van der Waals surface area contributed by atoms with Crippen LogP contribution in [0.25, 0.3) is 10.8 Å². The molecule has 0 aromatic heterocycles. The van der Waals surface area contributed by atoms with Crippen molar-refractivity contribution >= 4 is 34.3 Å². The molecule has 1 aliphatic rings. The number of hydrogen-bond donors (Lipinski definition) is 1. The number of esters is 2. The molecule has 94 valence electrons. The lowest BCUT2D eigenvalue weighted by Crippen LogP contribution is -2.06. The highest BCUT2D eigenvalue weighted by Gasteiger charge is 2.30. The van der Waals surface area contributed by atoms with Crippen LogP contribution in [0.4, 0.5) is 5.69 Å². The molecule has 1 N–H and O–H groups in total. The zero-order chi connectivity index (χ0) is 13.6. The van der Waals surface area contributed by atoms with Gasteiger partial charge in [0.15, 0.2) is 0 Å². The van der Waals surface area contributed by atoms with Crippen molar-refractivity contribution in [2.75, 3.05) is 5.32 Å². The number of carbonyl (C=O) groups excluding carboxylic acids is 3. The topological polar surface area (TPSA) is 72.5 Å². The highest BCUT2D eigenvalue weighted by atomic mass is 16.6. The number of anilines is 1. The average Bonchev–Trinajstić information content (AvgIpc) is 2.63. The van der Waals surface area contributed by atoms with E-state index in [0.717, 1.165) is 5.39 Å². The largest absolute Gasteiger partial charge is 0.386 e. The molecule has 0 atom stereocenters. The van der Waals surface area contributed by atoms with Gasteiger partial charge < -0.3 is 10.1 Å². The van der Waals surface area contributed by atoms with Crippen molar-refractivity contribution in [1.82, 2.24) is 0 Å². The summed E-state index contributed by atoms with van der Waals surface area (Å²) in [4.78, 5) is 34.1. The van der Waals surface area contributed by atoms with Gasteiger partial charge in [-0.3, -0.25) is 4.79 Å². The molecule has 0 radical (unpaired) electrons. The van der Waals surface area contributed by atoms with Gasteiger partial charge in [-0.05, 0) is 23.6 Å². The Labute approximate surface area is 108 Å². The molecule has 3 rings (SSSR count). The Balaban J connectivity index is 2.28. The zero-order valence-electron chi connectivity index (χ0n) is 10.0. The molecular formula is C14H9NO4. The molecule has 0 saturated heterocycles. The summed E-state index contributed by atoms with van der Waals surface area (Å²) in [7, 11) is 0. The lowest BCUT2D eigenvalue weighted by Gasteiger charge is -2.07. The van der Waals surface area contributed by atoms with Crippen molar-refractivity contribution in [3.05, 3.63) is 41.5 Å². The van der Waals surface area contributed by atoms with Crippen LogP contribution in [0.1, 0.15) is 27.6 Å². The van der Waals surface area contributed by atoms with Gasteiger partial charge in [-0.15, -0.1) is 0 Å². The zero-order valence-corrected chi connectivity index (χ0v) is 10.0.